The Labute approximate surface area is 245 Å². The normalized spacial score (nSPS) is 16.0. The molecule has 0 aliphatic heterocycles. The Morgan fingerprint density at radius 3 is 2.39 bits per heavy atom. The molecule has 5 rings (SSSR count). The number of ketones is 1. The summed E-state index contributed by atoms with van der Waals surface area (Å²) in [7, 11) is 0. The number of nitrogens with two attached hydrogens (primary N) is 1. The molecule has 214 valence electrons. The number of furan rings is 1. The van der Waals surface area contributed by atoms with Gasteiger partial charge in [0.1, 0.15) is 11.5 Å². The maximum absolute atomic E-state index is 13.9. The number of Topliss-reactive ketones (excluding diaryl/α,β-unsaturated/α-hetero) is 1. The molecule has 6 nitrogen and oxygen atoms in total. The van der Waals surface area contributed by atoms with Crippen LogP contribution in [0.1, 0.15) is 102 Å². The van der Waals surface area contributed by atoms with Gasteiger partial charge in [0.05, 0.1) is 17.6 Å². The van der Waals surface area contributed by atoms with Crippen LogP contribution in [0.15, 0.2) is 56.5 Å². The topological polar surface area (TPSA) is 102 Å². The molecule has 1 aromatic heterocycles. The van der Waals surface area contributed by atoms with Gasteiger partial charge in [-0.15, -0.1) is 0 Å². The second-order valence-corrected chi connectivity index (χ2v) is 13.0. The smallest absolute Gasteiger partial charge is 0.249 e. The van der Waals surface area contributed by atoms with Gasteiger partial charge in [-0.25, -0.2) is 0 Å². The number of carbonyl (C=O) groups is 1. The van der Waals surface area contributed by atoms with Crippen LogP contribution in [-0.4, -0.2) is 5.78 Å². The van der Waals surface area contributed by atoms with Crippen molar-refractivity contribution >= 4 is 28.8 Å². The number of benzene rings is 2. The molecule has 0 saturated heterocycles. The first-order valence-corrected chi connectivity index (χ1v) is 14.5. The Bertz CT molecular complexity index is 1720. The number of hydrogen-bond donors (Lipinski definition) is 2. The maximum Gasteiger partial charge on any atom is 0.249 e. The van der Waals surface area contributed by atoms with E-state index >= 15 is 0 Å². The first kappa shape index (κ1) is 28.9. The van der Waals surface area contributed by atoms with E-state index in [1.807, 2.05) is 49.4 Å². The second kappa shape index (κ2) is 10.6. The van der Waals surface area contributed by atoms with Gasteiger partial charge in [0.25, 0.3) is 0 Å². The van der Waals surface area contributed by atoms with Gasteiger partial charge in [0.15, 0.2) is 5.78 Å². The molecule has 2 unspecified atom stereocenters. The Balaban J connectivity index is 1.42. The lowest BCUT2D eigenvalue weighted by atomic mass is 9.84. The molecule has 41 heavy (non-hydrogen) atoms. The molecule has 1 aliphatic carbocycles. The second-order valence-electron chi connectivity index (χ2n) is 12.6. The number of nitrogen functional groups attached to an aromatic ring is 1. The number of nitrogens with one attached hydrogen (secondary N) is 1. The highest BCUT2D eigenvalue weighted by Crippen LogP contribution is 2.42. The zero-order chi connectivity index (χ0) is 29.8. The van der Waals surface area contributed by atoms with E-state index in [9.17, 15) is 14.4 Å². The number of carbonyl (C=O) groups excluding carboxylic acids is 1. The van der Waals surface area contributed by atoms with Crippen molar-refractivity contribution in [2.24, 2.45) is 5.41 Å². The van der Waals surface area contributed by atoms with Crippen molar-refractivity contribution in [2.45, 2.75) is 78.7 Å². The van der Waals surface area contributed by atoms with Crippen LogP contribution in [0.25, 0.3) is 0 Å². The van der Waals surface area contributed by atoms with E-state index in [1.165, 1.54) is 0 Å². The minimum Gasteiger partial charge on any atom is -0.464 e. The molecule has 0 radical (unpaired) electrons. The van der Waals surface area contributed by atoms with E-state index in [4.69, 9.17) is 21.8 Å². The quantitative estimate of drug-likeness (QED) is 0.173. The summed E-state index contributed by atoms with van der Waals surface area (Å²) in [6.45, 7) is 12.2. The van der Waals surface area contributed by atoms with Gasteiger partial charge in [-0.3, -0.25) is 14.4 Å². The van der Waals surface area contributed by atoms with Crippen LogP contribution in [0.5, 0.6) is 0 Å². The minimum atomic E-state index is -0.518. The van der Waals surface area contributed by atoms with Crippen LogP contribution in [0.4, 0.5) is 11.4 Å². The van der Waals surface area contributed by atoms with Gasteiger partial charge in [0.2, 0.25) is 10.9 Å². The highest BCUT2D eigenvalue weighted by atomic mass is 35.5. The summed E-state index contributed by atoms with van der Waals surface area (Å²) >= 11 is 6.60. The molecular weight excluding hydrogens is 536 g/mol. The summed E-state index contributed by atoms with van der Waals surface area (Å²) in [5, 5.41) is 3.87. The molecule has 7 heteroatoms. The fourth-order valence-corrected chi connectivity index (χ4v) is 6.15. The monoisotopic (exact) mass is 572 g/mol. The number of anilines is 2. The fraction of sp³-hybridized carbons (Fsp3) is 0.382. The van der Waals surface area contributed by atoms with Crippen molar-refractivity contribution in [2.75, 3.05) is 11.1 Å². The van der Waals surface area contributed by atoms with Crippen LogP contribution >= 0.6 is 11.6 Å². The van der Waals surface area contributed by atoms with Crippen molar-refractivity contribution in [3.63, 3.8) is 0 Å². The third-order valence-electron chi connectivity index (χ3n) is 8.32. The number of aryl methyl sites for hydroxylation is 2. The third-order valence-corrected chi connectivity index (χ3v) is 8.67. The van der Waals surface area contributed by atoms with E-state index in [0.29, 0.717) is 58.5 Å². The summed E-state index contributed by atoms with van der Waals surface area (Å²) in [4.78, 5) is 39.3. The van der Waals surface area contributed by atoms with Crippen molar-refractivity contribution in [3.8, 4) is 0 Å². The molecule has 2 atom stereocenters. The third kappa shape index (κ3) is 5.26. The molecule has 4 aromatic rings. The van der Waals surface area contributed by atoms with Gasteiger partial charge < -0.3 is 15.5 Å². The highest BCUT2D eigenvalue weighted by Gasteiger charge is 2.37. The lowest BCUT2D eigenvalue weighted by molar-refractivity contribution is 0.0972. The predicted octanol–water partition coefficient (Wildman–Crippen LogP) is 7.05. The molecule has 0 spiro atoms. The predicted molar refractivity (Wildman–Crippen MR) is 165 cm³/mol. The van der Waals surface area contributed by atoms with Crippen LogP contribution < -0.4 is 21.9 Å². The average molecular weight is 573 g/mol. The summed E-state index contributed by atoms with van der Waals surface area (Å²) in [5.41, 5.74) is 10.7. The summed E-state index contributed by atoms with van der Waals surface area (Å²) < 4.78 is 5.88. The van der Waals surface area contributed by atoms with Gasteiger partial charge in [-0.1, -0.05) is 64.4 Å². The zero-order valence-corrected chi connectivity index (χ0v) is 25.2. The van der Waals surface area contributed by atoms with Crippen LogP contribution in [-0.2, 0) is 19.3 Å². The molecule has 0 fully saturated rings. The van der Waals surface area contributed by atoms with E-state index in [0.717, 1.165) is 28.0 Å². The Hall–Kier alpha value is -3.64. The zero-order valence-electron chi connectivity index (χ0n) is 24.5. The highest BCUT2D eigenvalue weighted by molar-refractivity contribution is 6.32. The molecular formula is C34H37ClN2O4. The standard InChI is InChI=1S/C34H37ClN2O4/c1-17(2)20-10-13-26(36)22(15-20)23-16-24-25(35)12-9-19(28(24)30(23)38)8-11-21-29(32(40)31(21)39)37-33(34(4,5)6)27-14-7-18(3)41-27/h7,9-10,12-15,17,23,33,37H,8,11,16,36H2,1-6H3. The molecule has 0 amide bonds. The number of fused-ring (bicyclic) bond motifs is 1. The largest absolute Gasteiger partial charge is 0.464 e. The number of hydrogen-bond acceptors (Lipinski definition) is 6. The maximum atomic E-state index is 13.9. The van der Waals surface area contributed by atoms with E-state index in [-0.39, 0.29) is 17.2 Å². The van der Waals surface area contributed by atoms with E-state index < -0.39 is 16.8 Å². The molecule has 1 aliphatic rings. The lowest BCUT2D eigenvalue weighted by Gasteiger charge is -2.31. The summed E-state index contributed by atoms with van der Waals surface area (Å²) in [6, 6.07) is 13.1. The Kier molecular flexibility index (Phi) is 7.49. The fourth-order valence-electron chi connectivity index (χ4n) is 5.92. The van der Waals surface area contributed by atoms with Gasteiger partial charge in [-0.05, 0) is 84.0 Å². The Morgan fingerprint density at radius 1 is 1.02 bits per heavy atom. The van der Waals surface area contributed by atoms with E-state index in [1.54, 1.807) is 0 Å². The molecule has 0 saturated carbocycles. The van der Waals surface area contributed by atoms with Crippen molar-refractivity contribution in [1.82, 2.24) is 0 Å². The lowest BCUT2D eigenvalue weighted by Crippen LogP contribution is -2.41. The van der Waals surface area contributed by atoms with Gasteiger partial charge >= 0.3 is 0 Å². The molecule has 3 N–H and O–H groups in total. The van der Waals surface area contributed by atoms with Crippen LogP contribution in [0.3, 0.4) is 0 Å². The van der Waals surface area contributed by atoms with Crippen LogP contribution in [0.2, 0.25) is 5.02 Å². The van der Waals surface area contributed by atoms with Gasteiger partial charge in [-0.2, -0.15) is 0 Å². The van der Waals surface area contributed by atoms with Crippen molar-refractivity contribution in [3.05, 3.63) is 113 Å². The molecule has 1 heterocycles. The number of rotatable bonds is 8. The summed E-state index contributed by atoms with van der Waals surface area (Å²) in [5.74, 6) is 1.38. The summed E-state index contributed by atoms with van der Waals surface area (Å²) in [6.07, 6.45) is 1.24. The van der Waals surface area contributed by atoms with Gasteiger partial charge in [0, 0.05) is 21.8 Å². The Morgan fingerprint density at radius 2 is 1.76 bits per heavy atom. The van der Waals surface area contributed by atoms with Crippen molar-refractivity contribution in [1.29, 1.82) is 0 Å². The SMILES string of the molecule is Cc1ccc(C(Nc2c(CCc3ccc(Cl)c4c3C(=O)C(c3cc(C(C)C)ccc3N)C4)c(=O)c2=O)C(C)(C)C)o1. The molecule has 3 aromatic carbocycles. The first-order chi connectivity index (χ1) is 19.3. The van der Waals surface area contributed by atoms with Crippen LogP contribution in [0, 0.1) is 12.3 Å². The minimum absolute atomic E-state index is 0.00516. The molecule has 0 bridgehead atoms. The first-order valence-electron chi connectivity index (χ1n) is 14.2. The number of halogens is 1. The van der Waals surface area contributed by atoms with E-state index in [2.05, 4.69) is 39.9 Å². The average Bonchev–Trinajstić information content (AvgIpc) is 3.49. The van der Waals surface area contributed by atoms with Crippen molar-refractivity contribution < 1.29 is 9.21 Å².